The highest BCUT2D eigenvalue weighted by atomic mass is 32.1. The van der Waals surface area contributed by atoms with Crippen molar-refractivity contribution in [1.82, 2.24) is 4.90 Å². The molecule has 130 valence electrons. The molecule has 1 saturated heterocycles. The quantitative estimate of drug-likeness (QED) is 0.571. The number of benzene rings is 1. The van der Waals surface area contributed by atoms with Gasteiger partial charge in [0, 0.05) is 18.7 Å². The summed E-state index contributed by atoms with van der Waals surface area (Å²) in [7, 11) is 3.22. The van der Waals surface area contributed by atoms with Gasteiger partial charge >= 0.3 is 0 Å². The fraction of sp³-hybridized carbons (Fsp3) is 0.222. The number of hydrogen-bond acceptors (Lipinski definition) is 6. The Labute approximate surface area is 156 Å². The van der Waals surface area contributed by atoms with Crippen LogP contribution in [-0.2, 0) is 4.74 Å². The van der Waals surface area contributed by atoms with Crippen LogP contribution in [0, 0.1) is 0 Å². The van der Waals surface area contributed by atoms with E-state index in [1.54, 1.807) is 25.2 Å². The lowest BCUT2D eigenvalue weighted by atomic mass is 10.1. The summed E-state index contributed by atoms with van der Waals surface area (Å²) in [5, 5.41) is 0.363. The maximum absolute atomic E-state index is 5.90. The SMILES string of the molecule is CCN1C(=S)O/C(=C\c2ccc(-c3ccc(OC)cc3OC)o2)C1=S. The minimum atomic E-state index is 0.363. The van der Waals surface area contributed by atoms with Gasteiger partial charge in [0.05, 0.1) is 19.8 Å². The number of rotatable bonds is 5. The van der Waals surface area contributed by atoms with Gasteiger partial charge in [-0.2, -0.15) is 0 Å². The van der Waals surface area contributed by atoms with Crippen LogP contribution in [0.4, 0.5) is 0 Å². The molecule has 0 N–H and O–H groups in total. The molecular formula is C18H17NO4S2. The third kappa shape index (κ3) is 3.38. The molecule has 0 atom stereocenters. The second-order valence-electron chi connectivity index (χ2n) is 5.19. The highest BCUT2D eigenvalue weighted by molar-refractivity contribution is 7.82. The Morgan fingerprint density at radius 1 is 1.12 bits per heavy atom. The predicted octanol–water partition coefficient (Wildman–Crippen LogP) is 4.27. The summed E-state index contributed by atoms with van der Waals surface area (Å²) >= 11 is 10.5. The summed E-state index contributed by atoms with van der Waals surface area (Å²) in [5.74, 6) is 3.19. The van der Waals surface area contributed by atoms with E-state index in [1.165, 1.54) is 0 Å². The van der Waals surface area contributed by atoms with E-state index in [0.29, 0.717) is 45.5 Å². The molecule has 0 bridgehead atoms. The molecule has 0 unspecified atom stereocenters. The maximum atomic E-state index is 5.90. The van der Waals surface area contributed by atoms with Crippen LogP contribution in [0.15, 0.2) is 40.5 Å². The van der Waals surface area contributed by atoms with E-state index in [-0.39, 0.29) is 0 Å². The molecule has 1 fully saturated rings. The van der Waals surface area contributed by atoms with Gasteiger partial charge in [-0.15, -0.1) is 0 Å². The molecule has 0 spiro atoms. The fourth-order valence-corrected chi connectivity index (χ4v) is 3.16. The first-order valence-electron chi connectivity index (χ1n) is 7.65. The second kappa shape index (κ2) is 7.25. The van der Waals surface area contributed by atoms with Crippen molar-refractivity contribution in [2.24, 2.45) is 0 Å². The summed E-state index contributed by atoms with van der Waals surface area (Å²) in [6, 6.07) is 9.26. The lowest BCUT2D eigenvalue weighted by Crippen LogP contribution is -2.26. The third-order valence-corrected chi connectivity index (χ3v) is 4.49. The van der Waals surface area contributed by atoms with Crippen LogP contribution >= 0.6 is 24.4 Å². The molecule has 0 saturated carbocycles. The summed E-state index contributed by atoms with van der Waals surface area (Å²) < 4.78 is 22.1. The number of likely N-dealkylation sites (N-methyl/N-ethyl adjacent to an activating group) is 1. The zero-order chi connectivity index (χ0) is 18.0. The topological polar surface area (TPSA) is 44.1 Å². The molecule has 0 radical (unpaired) electrons. The summed E-state index contributed by atoms with van der Waals surface area (Å²) in [5.41, 5.74) is 0.827. The van der Waals surface area contributed by atoms with Gasteiger partial charge in [-0.05, 0) is 43.4 Å². The molecule has 3 rings (SSSR count). The van der Waals surface area contributed by atoms with E-state index in [4.69, 9.17) is 43.1 Å². The second-order valence-corrected chi connectivity index (χ2v) is 5.93. The van der Waals surface area contributed by atoms with Gasteiger partial charge in [0.25, 0.3) is 5.17 Å². The van der Waals surface area contributed by atoms with Crippen LogP contribution in [0.25, 0.3) is 17.4 Å². The van der Waals surface area contributed by atoms with Crippen molar-refractivity contribution in [2.45, 2.75) is 6.92 Å². The average molecular weight is 375 g/mol. The summed E-state index contributed by atoms with van der Waals surface area (Å²) in [4.78, 5) is 2.32. The molecule has 5 nitrogen and oxygen atoms in total. The van der Waals surface area contributed by atoms with Crippen molar-refractivity contribution in [1.29, 1.82) is 0 Å². The standard InChI is InChI=1S/C18H17NO4S2/c1-4-19-17(24)16(23-18(19)25)10-12-6-8-14(22-12)13-7-5-11(20-2)9-15(13)21-3/h5-10H,4H2,1-3H3/b16-10-. The van der Waals surface area contributed by atoms with Crippen LogP contribution in [0.2, 0.25) is 0 Å². The number of thiocarbonyl (C=S) groups is 2. The van der Waals surface area contributed by atoms with Gasteiger partial charge in [0.15, 0.2) is 10.7 Å². The van der Waals surface area contributed by atoms with Gasteiger partial charge in [-0.3, -0.25) is 4.90 Å². The fourth-order valence-electron chi connectivity index (χ4n) is 2.48. The van der Waals surface area contributed by atoms with Crippen molar-refractivity contribution in [3.05, 3.63) is 41.9 Å². The molecule has 2 aromatic rings. The number of furan rings is 1. The molecule has 25 heavy (non-hydrogen) atoms. The molecule has 1 aromatic carbocycles. The van der Waals surface area contributed by atoms with E-state index in [1.807, 2.05) is 37.3 Å². The van der Waals surface area contributed by atoms with E-state index < -0.39 is 0 Å². The zero-order valence-electron chi connectivity index (χ0n) is 14.1. The first kappa shape index (κ1) is 17.4. The Balaban J connectivity index is 1.90. The Morgan fingerprint density at radius 3 is 2.56 bits per heavy atom. The Hall–Kier alpha value is -2.38. The minimum absolute atomic E-state index is 0.363. The van der Waals surface area contributed by atoms with Gasteiger partial charge in [-0.1, -0.05) is 12.2 Å². The maximum Gasteiger partial charge on any atom is 0.270 e. The normalized spacial score (nSPS) is 15.6. The van der Waals surface area contributed by atoms with Crippen LogP contribution in [0.1, 0.15) is 12.7 Å². The molecule has 1 aliphatic heterocycles. The number of ether oxygens (including phenoxy) is 3. The molecule has 1 aromatic heterocycles. The Bertz CT molecular complexity index is 857. The van der Waals surface area contributed by atoms with Crippen LogP contribution in [-0.4, -0.2) is 35.8 Å². The van der Waals surface area contributed by atoms with Gasteiger partial charge in [0.2, 0.25) is 0 Å². The molecule has 0 aliphatic carbocycles. The Morgan fingerprint density at radius 2 is 1.92 bits per heavy atom. The minimum Gasteiger partial charge on any atom is -0.497 e. The molecule has 0 amide bonds. The zero-order valence-corrected chi connectivity index (χ0v) is 15.7. The van der Waals surface area contributed by atoms with E-state index in [0.717, 1.165) is 5.56 Å². The van der Waals surface area contributed by atoms with Crippen molar-refractivity contribution < 1.29 is 18.6 Å². The molecule has 2 heterocycles. The summed E-state index contributed by atoms with van der Waals surface area (Å²) in [6.07, 6.45) is 1.74. The number of hydrogen-bond donors (Lipinski definition) is 0. The highest BCUT2D eigenvalue weighted by Crippen LogP contribution is 2.35. The number of methoxy groups -OCH3 is 2. The van der Waals surface area contributed by atoms with E-state index in [9.17, 15) is 0 Å². The van der Waals surface area contributed by atoms with E-state index in [2.05, 4.69) is 0 Å². The van der Waals surface area contributed by atoms with E-state index >= 15 is 0 Å². The number of nitrogens with zero attached hydrogens (tertiary/aromatic N) is 1. The monoisotopic (exact) mass is 375 g/mol. The third-order valence-electron chi connectivity index (χ3n) is 3.76. The predicted molar refractivity (Wildman–Crippen MR) is 104 cm³/mol. The average Bonchev–Trinajstić information content (AvgIpc) is 3.19. The van der Waals surface area contributed by atoms with Crippen molar-refractivity contribution in [2.75, 3.05) is 20.8 Å². The molecular weight excluding hydrogens is 358 g/mol. The molecule has 7 heteroatoms. The van der Waals surface area contributed by atoms with Crippen LogP contribution < -0.4 is 9.47 Å². The lowest BCUT2D eigenvalue weighted by molar-refractivity contribution is 0.394. The molecule has 1 aliphatic rings. The Kier molecular flexibility index (Phi) is 5.06. The van der Waals surface area contributed by atoms with Crippen molar-refractivity contribution in [3.8, 4) is 22.8 Å². The first-order chi connectivity index (χ1) is 12.1. The first-order valence-corrected chi connectivity index (χ1v) is 8.46. The van der Waals surface area contributed by atoms with Gasteiger partial charge in [0.1, 0.15) is 23.0 Å². The van der Waals surface area contributed by atoms with Crippen LogP contribution in [0.3, 0.4) is 0 Å². The lowest BCUT2D eigenvalue weighted by Gasteiger charge is -2.09. The van der Waals surface area contributed by atoms with Crippen molar-refractivity contribution >= 4 is 40.7 Å². The summed E-state index contributed by atoms with van der Waals surface area (Å²) in [6.45, 7) is 2.63. The van der Waals surface area contributed by atoms with Gasteiger partial charge in [-0.25, -0.2) is 0 Å². The van der Waals surface area contributed by atoms with Gasteiger partial charge < -0.3 is 18.6 Å². The van der Waals surface area contributed by atoms with Crippen LogP contribution in [0.5, 0.6) is 11.5 Å². The largest absolute Gasteiger partial charge is 0.497 e. The van der Waals surface area contributed by atoms with Crippen molar-refractivity contribution in [3.63, 3.8) is 0 Å². The smallest absolute Gasteiger partial charge is 0.270 e. The highest BCUT2D eigenvalue weighted by Gasteiger charge is 2.28.